The highest BCUT2D eigenvalue weighted by Gasteiger charge is 2.33. The molecule has 7 nitrogen and oxygen atoms in total. The van der Waals surface area contributed by atoms with Crippen LogP contribution in [0.5, 0.6) is 5.75 Å². The van der Waals surface area contributed by atoms with Crippen LogP contribution in [0.3, 0.4) is 0 Å². The van der Waals surface area contributed by atoms with Crippen LogP contribution in [0.1, 0.15) is 12.5 Å². The molecule has 0 saturated heterocycles. The minimum Gasteiger partial charge on any atom is -0.494 e. The van der Waals surface area contributed by atoms with Gasteiger partial charge >= 0.3 is 0 Å². The first-order valence-electron chi connectivity index (χ1n) is 7.82. The molecule has 2 aromatic carbocycles. The van der Waals surface area contributed by atoms with E-state index in [4.69, 9.17) is 4.74 Å². The predicted molar refractivity (Wildman–Crippen MR) is 95.2 cm³/mol. The fourth-order valence-corrected chi connectivity index (χ4v) is 3.79. The Bertz CT molecular complexity index is 895. The summed E-state index contributed by atoms with van der Waals surface area (Å²) in [5.74, 6) is 0.196. The van der Waals surface area contributed by atoms with E-state index in [9.17, 15) is 13.2 Å². The van der Waals surface area contributed by atoms with Crippen molar-refractivity contribution in [2.75, 3.05) is 17.2 Å². The normalized spacial score (nSPS) is 17.9. The number of amides is 1. The summed E-state index contributed by atoms with van der Waals surface area (Å²) >= 11 is 0. The Kier molecular flexibility index (Phi) is 4.65. The Hall–Kier alpha value is -2.58. The Morgan fingerprint density at radius 3 is 2.60 bits per heavy atom. The van der Waals surface area contributed by atoms with Crippen molar-refractivity contribution in [3.63, 3.8) is 0 Å². The number of sulfonamides is 1. The first-order chi connectivity index (χ1) is 11.9. The summed E-state index contributed by atoms with van der Waals surface area (Å²) in [5, 5.41) is 5.60. The van der Waals surface area contributed by atoms with Crippen LogP contribution in [0.2, 0.25) is 0 Å². The highest BCUT2D eigenvalue weighted by Crippen LogP contribution is 2.27. The summed E-state index contributed by atoms with van der Waals surface area (Å²) in [6.45, 7) is 4.29. The van der Waals surface area contributed by atoms with Crippen LogP contribution >= 0.6 is 0 Å². The SMILES string of the molecule is CCOc1ccc(NC(=O)[C@H]2Nc3cc(C)ccc3S(=O)(=O)N2)cc1. The number of anilines is 2. The second kappa shape index (κ2) is 6.73. The Morgan fingerprint density at radius 2 is 1.92 bits per heavy atom. The molecule has 0 bridgehead atoms. The summed E-state index contributed by atoms with van der Waals surface area (Å²) in [6, 6.07) is 11.8. The van der Waals surface area contributed by atoms with Gasteiger partial charge in [-0.25, -0.2) is 8.42 Å². The molecule has 0 unspecified atom stereocenters. The summed E-state index contributed by atoms with van der Waals surface area (Å²) in [6.07, 6.45) is -1.09. The lowest BCUT2D eigenvalue weighted by Gasteiger charge is -2.27. The third-order valence-corrected chi connectivity index (χ3v) is 5.17. The molecule has 1 amide bonds. The molecule has 0 radical (unpaired) electrons. The summed E-state index contributed by atoms with van der Waals surface area (Å²) < 4.78 is 32.3. The number of aryl methyl sites for hydroxylation is 1. The molecule has 25 heavy (non-hydrogen) atoms. The Balaban J connectivity index is 1.77. The van der Waals surface area contributed by atoms with Crippen LogP contribution in [-0.4, -0.2) is 27.1 Å². The van der Waals surface area contributed by atoms with Gasteiger partial charge in [-0.1, -0.05) is 6.07 Å². The second-order valence-electron chi connectivity index (χ2n) is 5.64. The number of carbonyl (C=O) groups is 1. The van der Waals surface area contributed by atoms with Crippen molar-refractivity contribution in [2.24, 2.45) is 0 Å². The largest absolute Gasteiger partial charge is 0.494 e. The van der Waals surface area contributed by atoms with Crippen molar-refractivity contribution in [1.82, 2.24) is 4.72 Å². The van der Waals surface area contributed by atoms with Gasteiger partial charge in [0.05, 0.1) is 12.3 Å². The lowest BCUT2D eigenvalue weighted by atomic mass is 10.2. The molecule has 1 atom stereocenters. The number of fused-ring (bicyclic) bond motifs is 1. The van der Waals surface area contributed by atoms with Gasteiger partial charge in [0.25, 0.3) is 5.91 Å². The lowest BCUT2D eigenvalue weighted by molar-refractivity contribution is -0.117. The first-order valence-corrected chi connectivity index (χ1v) is 9.30. The smallest absolute Gasteiger partial charge is 0.262 e. The van der Waals surface area contributed by atoms with Crippen LogP contribution in [0.15, 0.2) is 47.4 Å². The van der Waals surface area contributed by atoms with Gasteiger partial charge in [0, 0.05) is 5.69 Å². The molecule has 0 aliphatic carbocycles. The van der Waals surface area contributed by atoms with E-state index in [1.807, 2.05) is 13.8 Å². The van der Waals surface area contributed by atoms with Crippen molar-refractivity contribution >= 4 is 27.3 Å². The molecule has 1 aliphatic rings. The molecule has 3 rings (SSSR count). The van der Waals surface area contributed by atoms with Crippen LogP contribution in [-0.2, 0) is 14.8 Å². The van der Waals surface area contributed by atoms with E-state index in [1.54, 1.807) is 36.4 Å². The maximum Gasteiger partial charge on any atom is 0.262 e. The first kappa shape index (κ1) is 17.2. The van der Waals surface area contributed by atoms with E-state index in [0.29, 0.717) is 23.7 Å². The fourth-order valence-electron chi connectivity index (χ4n) is 2.53. The molecule has 8 heteroatoms. The average Bonchev–Trinajstić information content (AvgIpc) is 2.55. The topological polar surface area (TPSA) is 96.5 Å². The molecule has 0 fully saturated rings. The minimum atomic E-state index is -3.75. The molecule has 0 spiro atoms. The van der Waals surface area contributed by atoms with E-state index in [1.165, 1.54) is 6.07 Å². The highest BCUT2D eigenvalue weighted by molar-refractivity contribution is 7.89. The van der Waals surface area contributed by atoms with E-state index >= 15 is 0 Å². The molecular formula is C17H19N3O4S. The number of hydrogen-bond donors (Lipinski definition) is 3. The molecule has 3 N–H and O–H groups in total. The molecule has 1 heterocycles. The zero-order valence-electron chi connectivity index (χ0n) is 13.9. The summed E-state index contributed by atoms with van der Waals surface area (Å²) in [5.41, 5.74) is 1.85. The van der Waals surface area contributed by atoms with Crippen LogP contribution < -0.4 is 20.1 Å². The van der Waals surface area contributed by atoms with Crippen molar-refractivity contribution in [2.45, 2.75) is 24.9 Å². The van der Waals surface area contributed by atoms with Gasteiger partial charge in [0.2, 0.25) is 10.0 Å². The highest BCUT2D eigenvalue weighted by atomic mass is 32.2. The quantitative estimate of drug-likeness (QED) is 0.775. The summed E-state index contributed by atoms with van der Waals surface area (Å²) in [4.78, 5) is 12.6. The second-order valence-corrected chi connectivity index (χ2v) is 7.33. The van der Waals surface area contributed by atoms with Gasteiger partial charge in [-0.2, -0.15) is 4.72 Å². The maximum absolute atomic E-state index is 12.4. The third-order valence-electron chi connectivity index (χ3n) is 3.69. The van der Waals surface area contributed by atoms with Crippen LogP contribution in [0.25, 0.3) is 0 Å². The van der Waals surface area contributed by atoms with Gasteiger partial charge < -0.3 is 15.4 Å². The van der Waals surface area contributed by atoms with E-state index < -0.39 is 22.1 Å². The zero-order valence-corrected chi connectivity index (χ0v) is 14.7. The minimum absolute atomic E-state index is 0.128. The fraction of sp³-hybridized carbons (Fsp3) is 0.235. The molecule has 132 valence electrons. The van der Waals surface area contributed by atoms with Crippen molar-refractivity contribution in [1.29, 1.82) is 0 Å². The van der Waals surface area contributed by atoms with Gasteiger partial charge in [0.1, 0.15) is 10.6 Å². The molecule has 2 aromatic rings. The van der Waals surface area contributed by atoms with E-state index in [-0.39, 0.29) is 4.90 Å². The predicted octanol–water partition coefficient (Wildman–Crippen LogP) is 2.06. The number of ether oxygens (including phenoxy) is 1. The Labute approximate surface area is 146 Å². The molecule has 1 aliphatic heterocycles. The summed E-state index contributed by atoms with van der Waals surface area (Å²) in [7, 11) is -3.75. The number of benzene rings is 2. The van der Waals surface area contributed by atoms with Crippen molar-refractivity contribution in [3.05, 3.63) is 48.0 Å². The number of hydrogen-bond acceptors (Lipinski definition) is 5. The van der Waals surface area contributed by atoms with Gasteiger partial charge in [-0.3, -0.25) is 4.79 Å². The van der Waals surface area contributed by atoms with Crippen molar-refractivity contribution < 1.29 is 17.9 Å². The van der Waals surface area contributed by atoms with Gasteiger partial charge in [-0.05, 0) is 55.8 Å². The third kappa shape index (κ3) is 3.75. The van der Waals surface area contributed by atoms with Gasteiger partial charge in [-0.15, -0.1) is 0 Å². The molecular weight excluding hydrogens is 342 g/mol. The van der Waals surface area contributed by atoms with Crippen LogP contribution in [0, 0.1) is 6.92 Å². The monoisotopic (exact) mass is 361 g/mol. The Morgan fingerprint density at radius 1 is 1.20 bits per heavy atom. The van der Waals surface area contributed by atoms with E-state index in [0.717, 1.165) is 5.56 Å². The maximum atomic E-state index is 12.4. The molecule has 0 saturated carbocycles. The van der Waals surface area contributed by atoms with E-state index in [2.05, 4.69) is 15.4 Å². The van der Waals surface area contributed by atoms with Gasteiger partial charge in [0.15, 0.2) is 6.17 Å². The number of nitrogens with one attached hydrogen (secondary N) is 3. The standard InChI is InChI=1S/C17H19N3O4S/c1-3-24-13-7-5-12(6-8-13)18-17(21)16-19-14-10-11(2)4-9-15(14)25(22,23)20-16/h4-10,16,19-20H,3H2,1-2H3,(H,18,21)/t16-/m0/s1. The van der Waals surface area contributed by atoms with Crippen molar-refractivity contribution in [3.8, 4) is 5.75 Å². The number of carbonyl (C=O) groups excluding carboxylic acids is 1. The zero-order chi connectivity index (χ0) is 18.0. The van der Waals surface area contributed by atoms with Crippen LogP contribution in [0.4, 0.5) is 11.4 Å². The number of rotatable bonds is 4. The molecule has 0 aromatic heterocycles. The lowest BCUT2D eigenvalue weighted by Crippen LogP contribution is -2.51. The average molecular weight is 361 g/mol.